The number of morpholine rings is 1. The van der Waals surface area contributed by atoms with E-state index in [9.17, 15) is 5.11 Å². The zero-order valence-corrected chi connectivity index (χ0v) is 11.5. The maximum atomic E-state index is 9.41. The summed E-state index contributed by atoms with van der Waals surface area (Å²) in [5.41, 5.74) is 3.38. The van der Waals surface area contributed by atoms with Gasteiger partial charge in [0.05, 0.1) is 19.8 Å². The summed E-state index contributed by atoms with van der Waals surface area (Å²) >= 11 is 1.73. The van der Waals surface area contributed by atoms with Crippen molar-refractivity contribution in [3.8, 4) is 10.4 Å². The van der Waals surface area contributed by atoms with Gasteiger partial charge in [0.2, 0.25) is 0 Å². The van der Waals surface area contributed by atoms with Crippen molar-refractivity contribution >= 4 is 17.0 Å². The van der Waals surface area contributed by atoms with Gasteiger partial charge in [-0.05, 0) is 17.2 Å². The minimum Gasteiger partial charge on any atom is -0.392 e. The third-order valence-electron chi connectivity index (χ3n) is 3.42. The van der Waals surface area contributed by atoms with Crippen molar-refractivity contribution < 1.29 is 9.84 Å². The second kappa shape index (κ2) is 5.74. The molecule has 1 saturated heterocycles. The molecule has 4 heteroatoms. The fraction of sp³-hybridized carbons (Fsp3) is 0.333. The van der Waals surface area contributed by atoms with Gasteiger partial charge in [-0.15, -0.1) is 11.3 Å². The Morgan fingerprint density at radius 2 is 2.00 bits per heavy atom. The van der Waals surface area contributed by atoms with E-state index in [4.69, 9.17) is 4.74 Å². The normalized spacial score (nSPS) is 15.7. The molecule has 2 heterocycles. The number of thiophene rings is 1. The van der Waals surface area contributed by atoms with Crippen LogP contribution in [0, 0.1) is 0 Å². The van der Waals surface area contributed by atoms with Gasteiger partial charge in [0.15, 0.2) is 0 Å². The van der Waals surface area contributed by atoms with Crippen LogP contribution in [0.25, 0.3) is 10.4 Å². The van der Waals surface area contributed by atoms with E-state index >= 15 is 0 Å². The number of hydrogen-bond acceptors (Lipinski definition) is 4. The molecular formula is C15H17NO2S. The molecule has 19 heavy (non-hydrogen) atoms. The Hall–Kier alpha value is -1.36. The molecule has 3 nitrogen and oxygen atoms in total. The van der Waals surface area contributed by atoms with Crippen LogP contribution in [0.5, 0.6) is 0 Å². The second-order valence-electron chi connectivity index (χ2n) is 4.58. The number of aliphatic hydroxyl groups excluding tert-OH is 1. The lowest BCUT2D eigenvalue weighted by Crippen LogP contribution is -2.35. The SMILES string of the molecule is OCc1ccccc1-c1cc(N2CCOCC2)cs1. The maximum Gasteiger partial charge on any atom is 0.0688 e. The number of aliphatic hydroxyl groups is 1. The van der Waals surface area contributed by atoms with Gasteiger partial charge in [0, 0.05) is 29.0 Å². The van der Waals surface area contributed by atoms with Gasteiger partial charge < -0.3 is 14.7 Å². The van der Waals surface area contributed by atoms with Gasteiger partial charge in [0.25, 0.3) is 0 Å². The first-order chi connectivity index (χ1) is 9.38. The highest BCUT2D eigenvalue weighted by atomic mass is 32.1. The maximum absolute atomic E-state index is 9.41. The van der Waals surface area contributed by atoms with E-state index in [0.29, 0.717) is 0 Å². The molecule has 0 saturated carbocycles. The molecule has 2 aromatic rings. The fourth-order valence-corrected chi connectivity index (χ4v) is 3.33. The first-order valence-electron chi connectivity index (χ1n) is 6.49. The first kappa shape index (κ1) is 12.7. The Kier molecular flexibility index (Phi) is 3.82. The largest absolute Gasteiger partial charge is 0.392 e. The summed E-state index contributed by atoms with van der Waals surface area (Å²) in [5.74, 6) is 0. The number of ether oxygens (including phenoxy) is 1. The summed E-state index contributed by atoms with van der Waals surface area (Å²) in [6.45, 7) is 3.60. The van der Waals surface area contributed by atoms with Crippen LogP contribution in [-0.2, 0) is 11.3 Å². The molecule has 1 fully saturated rings. The summed E-state index contributed by atoms with van der Waals surface area (Å²) in [6, 6.07) is 10.2. The van der Waals surface area contributed by atoms with Crippen LogP contribution in [0.2, 0.25) is 0 Å². The molecule has 0 radical (unpaired) electrons. The molecule has 0 atom stereocenters. The highest BCUT2D eigenvalue weighted by molar-refractivity contribution is 7.14. The van der Waals surface area contributed by atoms with E-state index in [-0.39, 0.29) is 6.61 Å². The number of benzene rings is 1. The monoisotopic (exact) mass is 275 g/mol. The molecule has 1 aromatic heterocycles. The Labute approximate surface area is 117 Å². The van der Waals surface area contributed by atoms with E-state index in [0.717, 1.165) is 37.4 Å². The lowest BCUT2D eigenvalue weighted by molar-refractivity contribution is 0.123. The van der Waals surface area contributed by atoms with Crippen molar-refractivity contribution in [1.29, 1.82) is 0 Å². The van der Waals surface area contributed by atoms with Crippen molar-refractivity contribution in [1.82, 2.24) is 0 Å². The molecule has 100 valence electrons. The van der Waals surface area contributed by atoms with Crippen molar-refractivity contribution in [3.05, 3.63) is 41.3 Å². The van der Waals surface area contributed by atoms with Crippen molar-refractivity contribution in [2.75, 3.05) is 31.2 Å². The minimum absolute atomic E-state index is 0.0843. The Morgan fingerprint density at radius 1 is 1.21 bits per heavy atom. The van der Waals surface area contributed by atoms with Crippen LogP contribution < -0.4 is 4.90 Å². The molecule has 0 spiro atoms. The van der Waals surface area contributed by atoms with Gasteiger partial charge in [0.1, 0.15) is 0 Å². The van der Waals surface area contributed by atoms with Gasteiger partial charge in [-0.1, -0.05) is 24.3 Å². The van der Waals surface area contributed by atoms with Gasteiger partial charge in [-0.25, -0.2) is 0 Å². The Bertz CT molecular complexity index is 547. The number of anilines is 1. The summed E-state index contributed by atoms with van der Waals surface area (Å²) < 4.78 is 5.38. The van der Waals surface area contributed by atoms with Crippen molar-refractivity contribution in [2.24, 2.45) is 0 Å². The summed E-state index contributed by atoms with van der Waals surface area (Å²) in [6.07, 6.45) is 0. The highest BCUT2D eigenvalue weighted by Gasteiger charge is 2.14. The zero-order chi connectivity index (χ0) is 13.1. The van der Waals surface area contributed by atoms with Crippen LogP contribution in [0.3, 0.4) is 0 Å². The topological polar surface area (TPSA) is 32.7 Å². The van der Waals surface area contributed by atoms with Gasteiger partial charge >= 0.3 is 0 Å². The van der Waals surface area contributed by atoms with Crippen LogP contribution in [0.1, 0.15) is 5.56 Å². The number of nitrogens with zero attached hydrogens (tertiary/aromatic N) is 1. The first-order valence-corrected chi connectivity index (χ1v) is 7.37. The summed E-state index contributed by atoms with van der Waals surface area (Å²) in [4.78, 5) is 3.57. The average molecular weight is 275 g/mol. The quantitative estimate of drug-likeness (QED) is 0.935. The van der Waals surface area contributed by atoms with Crippen LogP contribution in [-0.4, -0.2) is 31.4 Å². The van der Waals surface area contributed by atoms with E-state index in [1.807, 2.05) is 18.2 Å². The van der Waals surface area contributed by atoms with E-state index < -0.39 is 0 Å². The zero-order valence-electron chi connectivity index (χ0n) is 10.7. The molecule has 0 aliphatic carbocycles. The van der Waals surface area contributed by atoms with Crippen molar-refractivity contribution in [2.45, 2.75) is 6.61 Å². The summed E-state index contributed by atoms with van der Waals surface area (Å²) in [5, 5.41) is 11.6. The van der Waals surface area contributed by atoms with E-state index in [1.165, 1.54) is 10.6 Å². The van der Waals surface area contributed by atoms with E-state index in [1.54, 1.807) is 11.3 Å². The Balaban J connectivity index is 1.88. The molecule has 1 aromatic carbocycles. The molecular weight excluding hydrogens is 258 g/mol. The van der Waals surface area contributed by atoms with Gasteiger partial charge in [-0.2, -0.15) is 0 Å². The predicted molar refractivity (Wildman–Crippen MR) is 78.7 cm³/mol. The molecule has 0 amide bonds. The lowest BCUT2D eigenvalue weighted by Gasteiger charge is -2.27. The predicted octanol–water partition coefficient (Wildman–Crippen LogP) is 2.74. The molecule has 0 bridgehead atoms. The standard InChI is InChI=1S/C15H17NO2S/c17-10-12-3-1-2-4-14(12)15-9-13(11-19-15)16-5-7-18-8-6-16/h1-4,9,11,17H,5-8,10H2. The smallest absolute Gasteiger partial charge is 0.0688 e. The van der Waals surface area contributed by atoms with Crippen LogP contribution in [0.4, 0.5) is 5.69 Å². The van der Waals surface area contributed by atoms with E-state index in [2.05, 4.69) is 22.4 Å². The summed E-state index contributed by atoms with van der Waals surface area (Å²) in [7, 11) is 0. The number of rotatable bonds is 3. The minimum atomic E-state index is 0.0843. The number of hydrogen-bond donors (Lipinski definition) is 1. The Morgan fingerprint density at radius 3 is 2.79 bits per heavy atom. The van der Waals surface area contributed by atoms with Crippen molar-refractivity contribution in [3.63, 3.8) is 0 Å². The third-order valence-corrected chi connectivity index (χ3v) is 4.37. The highest BCUT2D eigenvalue weighted by Crippen LogP contribution is 2.34. The van der Waals surface area contributed by atoms with Crippen LogP contribution >= 0.6 is 11.3 Å². The van der Waals surface area contributed by atoms with Crippen LogP contribution in [0.15, 0.2) is 35.7 Å². The molecule has 1 aliphatic heterocycles. The molecule has 1 aliphatic rings. The third kappa shape index (κ3) is 2.66. The fourth-order valence-electron chi connectivity index (χ4n) is 2.35. The second-order valence-corrected chi connectivity index (χ2v) is 5.50. The van der Waals surface area contributed by atoms with Gasteiger partial charge in [-0.3, -0.25) is 0 Å². The average Bonchev–Trinajstić information content (AvgIpc) is 2.98. The lowest BCUT2D eigenvalue weighted by atomic mass is 10.1. The molecule has 3 rings (SSSR count). The molecule has 0 unspecified atom stereocenters. The molecule has 1 N–H and O–H groups in total.